The number of carbonyl (C=O) groups excluding carboxylic acids is 1. The lowest BCUT2D eigenvalue weighted by molar-refractivity contribution is -0.445. The number of anilines is 1. The fourth-order valence-electron chi connectivity index (χ4n) is 2.98. The van der Waals surface area contributed by atoms with Gasteiger partial charge in [0, 0.05) is 10.9 Å². The molecule has 42 heavy (non-hydrogen) atoms. The lowest BCUT2D eigenvalue weighted by Crippen LogP contribution is -2.75. The van der Waals surface area contributed by atoms with Crippen molar-refractivity contribution in [3.05, 3.63) is 35.2 Å². The number of nitrogens with zero attached hydrogens (tertiary/aromatic N) is 1. The predicted octanol–water partition coefficient (Wildman–Crippen LogP) is 9.15. The Balaban J connectivity index is 2.43. The molecule has 1 heterocycles. The van der Waals surface area contributed by atoms with Crippen LogP contribution in [0.25, 0.3) is 11.3 Å². The molecule has 0 radical (unpaired) electrons. The lowest BCUT2D eigenvalue weighted by Gasteiger charge is -2.42. The van der Waals surface area contributed by atoms with E-state index in [2.05, 4.69) is 16.6 Å². The van der Waals surface area contributed by atoms with Crippen LogP contribution in [0, 0.1) is 0 Å². The van der Waals surface area contributed by atoms with Crippen LogP contribution in [-0.2, 0) is 4.79 Å². The van der Waals surface area contributed by atoms with Crippen molar-refractivity contribution < 1.29 is 75.0 Å². The molecule has 1 amide bonds. The molecule has 0 saturated heterocycles. The number of aromatic nitrogens is 1. The van der Waals surface area contributed by atoms with Gasteiger partial charge in [0.2, 0.25) is 0 Å². The van der Waals surface area contributed by atoms with Gasteiger partial charge in [-0.3, -0.25) is 10.1 Å². The Morgan fingerprint density at radius 2 is 1.12 bits per heavy atom. The summed E-state index contributed by atoms with van der Waals surface area (Å²) in [6.07, 6.45) is 0. The van der Waals surface area contributed by atoms with Crippen molar-refractivity contribution in [2.24, 2.45) is 0 Å². The molecule has 3 nitrogen and oxygen atoms in total. The summed E-state index contributed by atoms with van der Waals surface area (Å²) in [6, 6.07) is 6.03. The molecule has 238 valence electrons. The van der Waals surface area contributed by atoms with Crippen molar-refractivity contribution in [3.8, 4) is 11.3 Å². The molecule has 1 aromatic carbocycles. The second kappa shape index (κ2) is 10.6. The molecule has 0 saturated carbocycles. The van der Waals surface area contributed by atoms with Gasteiger partial charge >= 0.3 is 52.7 Å². The maximum absolute atomic E-state index is 14.1. The number of amides is 1. The molecule has 2 aromatic rings. The first-order valence-electron chi connectivity index (χ1n) is 10.6. The van der Waals surface area contributed by atoms with E-state index in [1.165, 1.54) is 12.1 Å². The second-order valence-corrected chi connectivity index (χ2v) is 10.1. The van der Waals surface area contributed by atoms with Crippen LogP contribution in [0.15, 0.2) is 29.6 Å². The Bertz CT molecular complexity index is 1290. The van der Waals surface area contributed by atoms with Gasteiger partial charge in [0.25, 0.3) is 0 Å². The van der Waals surface area contributed by atoms with Crippen LogP contribution < -0.4 is 5.32 Å². The Hall–Kier alpha value is -2.51. The summed E-state index contributed by atoms with van der Waals surface area (Å²) in [5, 5.41) is -6.09. The Morgan fingerprint density at radius 1 is 0.714 bits per heavy atom. The summed E-state index contributed by atoms with van der Waals surface area (Å²) in [4.78, 5) is 15.2. The molecule has 0 fully saturated rings. The van der Waals surface area contributed by atoms with E-state index in [4.69, 9.17) is 0 Å². The maximum atomic E-state index is 14.1. The van der Waals surface area contributed by atoms with E-state index < -0.39 is 57.9 Å². The average Bonchev–Trinajstić information content (AvgIpc) is 3.31. The van der Waals surface area contributed by atoms with Crippen LogP contribution in [0.3, 0.4) is 0 Å². The molecule has 0 aliphatic heterocycles. The smallest absolute Gasteiger partial charge is 0.296 e. The lowest BCUT2D eigenvalue weighted by atomic mass is 9.89. The van der Waals surface area contributed by atoms with Crippen LogP contribution in [0.1, 0.15) is 25.3 Å². The van der Waals surface area contributed by atoms with Gasteiger partial charge in [-0.2, -0.15) is 70.2 Å². The van der Waals surface area contributed by atoms with Crippen molar-refractivity contribution in [2.75, 3.05) is 5.32 Å². The molecule has 21 heteroatoms. The highest BCUT2D eigenvalue weighted by molar-refractivity contribution is 7.14. The number of halogens is 17. The van der Waals surface area contributed by atoms with Crippen LogP contribution in [0.5, 0.6) is 0 Å². The van der Waals surface area contributed by atoms with Crippen molar-refractivity contribution in [1.82, 2.24) is 4.98 Å². The average molecular weight is 681 g/mol. The zero-order valence-electron chi connectivity index (χ0n) is 20.2. The van der Waals surface area contributed by atoms with Gasteiger partial charge in [0.1, 0.15) is 0 Å². The molecule has 2 rings (SSSR count). The first-order chi connectivity index (χ1) is 18.5. The summed E-state index contributed by atoms with van der Waals surface area (Å²) >= 11 is 3.66. The van der Waals surface area contributed by atoms with Crippen molar-refractivity contribution in [3.63, 3.8) is 0 Å². The monoisotopic (exact) mass is 680 g/mol. The van der Waals surface area contributed by atoms with Gasteiger partial charge in [0.15, 0.2) is 5.13 Å². The molecule has 0 aliphatic carbocycles. The maximum Gasteiger partial charge on any atom is 0.393 e. The van der Waals surface area contributed by atoms with Gasteiger partial charge < -0.3 is 0 Å². The van der Waals surface area contributed by atoms with Crippen molar-refractivity contribution in [1.29, 1.82) is 0 Å². The van der Waals surface area contributed by atoms with Crippen LogP contribution in [-0.4, -0.2) is 57.7 Å². The summed E-state index contributed by atoms with van der Waals surface area (Å²) in [5.74, 6) is -60.7. The highest BCUT2D eigenvalue weighted by Gasteiger charge is 2.95. The van der Waals surface area contributed by atoms with Gasteiger partial charge in [-0.25, -0.2) is 4.98 Å². The van der Waals surface area contributed by atoms with Crippen LogP contribution >= 0.6 is 22.9 Å². The molecule has 0 aliphatic rings. The van der Waals surface area contributed by atoms with Gasteiger partial charge in [-0.1, -0.05) is 38.1 Å². The quantitative estimate of drug-likeness (QED) is 0.190. The normalized spacial score (nSPS) is 14.9. The van der Waals surface area contributed by atoms with Crippen LogP contribution in [0.4, 0.5) is 75.4 Å². The third-order valence-corrected chi connectivity index (χ3v) is 6.60. The number of thiazole rings is 1. The van der Waals surface area contributed by atoms with E-state index in [1.807, 2.05) is 13.8 Å². The minimum absolute atomic E-state index is 0.0580. The molecule has 1 aromatic heterocycles. The van der Waals surface area contributed by atoms with E-state index in [9.17, 15) is 75.0 Å². The van der Waals surface area contributed by atoms with Gasteiger partial charge in [0.05, 0.1) is 5.69 Å². The first kappa shape index (κ1) is 35.7. The zero-order valence-corrected chi connectivity index (χ0v) is 21.7. The zero-order chi connectivity index (χ0) is 33.1. The topological polar surface area (TPSA) is 42.0 Å². The highest BCUT2D eigenvalue weighted by Crippen LogP contribution is 2.64. The van der Waals surface area contributed by atoms with E-state index in [0.29, 0.717) is 0 Å². The summed E-state index contributed by atoms with van der Waals surface area (Å²) < 4.78 is 217. The Labute approximate surface area is 232 Å². The Kier molecular flexibility index (Phi) is 8.99. The fourth-order valence-corrected chi connectivity index (χ4v) is 3.82. The van der Waals surface area contributed by atoms with Gasteiger partial charge in [-0.05, 0) is 23.1 Å². The SMILES string of the molecule is CC(C)c1ccc(-c2csc(NC(=O)C(F)(F)C(F)(F)C(F)(F)C(F)(F)C(F)(F)C(F)(F)C(F)(F)C(F)(F)Cl)n2)cc1. The molecule has 0 spiro atoms. The first-order valence-corrected chi connectivity index (χ1v) is 11.9. The van der Waals surface area contributed by atoms with Crippen molar-refractivity contribution in [2.45, 2.75) is 66.6 Å². The summed E-state index contributed by atoms with van der Waals surface area (Å²) in [7, 11) is 0. The third-order valence-electron chi connectivity index (χ3n) is 5.60. The van der Waals surface area contributed by atoms with Crippen LogP contribution in [0.2, 0.25) is 0 Å². The molecular formula is C21H13ClF16N2OS. The number of benzene rings is 1. The minimum Gasteiger partial charge on any atom is -0.296 e. The molecule has 0 unspecified atom stereocenters. The third kappa shape index (κ3) is 5.25. The molecular weight excluding hydrogens is 668 g/mol. The fraction of sp³-hybridized carbons (Fsp3) is 0.524. The molecule has 0 atom stereocenters. The Morgan fingerprint density at radius 3 is 1.52 bits per heavy atom. The summed E-state index contributed by atoms with van der Waals surface area (Å²) in [5.41, 5.74) is 0.920. The highest BCUT2D eigenvalue weighted by atomic mass is 35.5. The van der Waals surface area contributed by atoms with E-state index >= 15 is 0 Å². The standard InChI is InChI=1S/C21H13ClF16N2OS/c1-8(2)9-3-5-10(6-4-9)11-7-42-13(39-11)40-12(41)14(23,24)15(25,26)16(27,28)17(29,30)18(31,32)19(33,34)20(35,36)21(22,37)38/h3-8H,1-2H3,(H,39,40,41). The summed E-state index contributed by atoms with van der Waals surface area (Å²) in [6.45, 7) is 3.64. The number of carbonyl (C=O) groups is 1. The van der Waals surface area contributed by atoms with Gasteiger partial charge in [-0.15, -0.1) is 11.3 Å². The number of rotatable bonds is 11. The van der Waals surface area contributed by atoms with E-state index in [0.717, 1.165) is 16.3 Å². The molecule has 1 N–H and O–H groups in total. The largest absolute Gasteiger partial charge is 0.393 e. The minimum atomic E-state index is -8.65. The number of alkyl halides is 17. The second-order valence-electron chi connectivity index (χ2n) is 8.79. The van der Waals surface area contributed by atoms with E-state index in [-0.39, 0.29) is 28.5 Å². The number of hydrogen-bond acceptors (Lipinski definition) is 3. The van der Waals surface area contributed by atoms with Crippen molar-refractivity contribution >= 4 is 34.0 Å². The number of hydrogen-bond donors (Lipinski definition) is 1. The number of nitrogens with one attached hydrogen (secondary N) is 1. The van der Waals surface area contributed by atoms with E-state index in [1.54, 1.807) is 12.1 Å². The predicted molar refractivity (Wildman–Crippen MR) is 116 cm³/mol. The molecule has 0 bridgehead atoms.